The third-order valence-corrected chi connectivity index (χ3v) is 2.51. The Hall–Kier alpha value is -2.21. The van der Waals surface area contributed by atoms with E-state index in [-0.39, 0.29) is 5.69 Å². The highest BCUT2D eigenvalue weighted by Crippen LogP contribution is 2.30. The van der Waals surface area contributed by atoms with Crippen molar-refractivity contribution in [2.45, 2.75) is 0 Å². The average molecular weight is 247 g/mol. The van der Waals surface area contributed by atoms with E-state index in [1.807, 2.05) is 7.05 Å². The zero-order valence-corrected chi connectivity index (χ0v) is 9.92. The van der Waals surface area contributed by atoms with Gasteiger partial charge in [-0.25, -0.2) is 4.98 Å². The fraction of sp³-hybridized carbons (Fsp3) is 0.250. The van der Waals surface area contributed by atoms with Gasteiger partial charge in [-0.15, -0.1) is 0 Å². The third kappa shape index (κ3) is 2.38. The number of aromatic nitrogens is 1. The van der Waals surface area contributed by atoms with Crippen LogP contribution in [0.15, 0.2) is 30.5 Å². The van der Waals surface area contributed by atoms with E-state index in [9.17, 15) is 10.1 Å². The van der Waals surface area contributed by atoms with E-state index in [0.29, 0.717) is 29.8 Å². The number of nitrogens with one attached hydrogen (secondary N) is 1. The Morgan fingerprint density at radius 2 is 2.28 bits per heavy atom. The first-order valence-corrected chi connectivity index (χ1v) is 5.53. The van der Waals surface area contributed by atoms with E-state index >= 15 is 0 Å². The topological polar surface area (TPSA) is 77.3 Å². The van der Waals surface area contributed by atoms with Crippen molar-refractivity contribution in [3.63, 3.8) is 0 Å². The van der Waals surface area contributed by atoms with Crippen molar-refractivity contribution >= 4 is 16.6 Å². The average Bonchev–Trinajstić information content (AvgIpc) is 2.38. The van der Waals surface area contributed by atoms with Crippen LogP contribution in [0.5, 0.6) is 5.75 Å². The van der Waals surface area contributed by atoms with Crippen molar-refractivity contribution in [1.29, 1.82) is 0 Å². The molecule has 0 saturated carbocycles. The predicted octanol–water partition coefficient (Wildman–Crippen LogP) is 1.74. The summed E-state index contributed by atoms with van der Waals surface area (Å²) in [6.07, 6.45) is 1.53. The summed E-state index contributed by atoms with van der Waals surface area (Å²) in [5.74, 6) is 0.610. The van der Waals surface area contributed by atoms with Crippen molar-refractivity contribution in [1.82, 2.24) is 10.3 Å². The van der Waals surface area contributed by atoms with Crippen LogP contribution in [-0.4, -0.2) is 30.1 Å². The number of hydrogen-bond donors (Lipinski definition) is 1. The van der Waals surface area contributed by atoms with E-state index in [1.54, 1.807) is 18.2 Å². The van der Waals surface area contributed by atoms with Crippen molar-refractivity contribution < 1.29 is 9.66 Å². The third-order valence-electron chi connectivity index (χ3n) is 2.51. The van der Waals surface area contributed by atoms with Crippen LogP contribution in [0.4, 0.5) is 5.69 Å². The number of likely N-dealkylation sites (N-methyl/N-ethyl adjacent to an activating group) is 1. The van der Waals surface area contributed by atoms with Gasteiger partial charge in [0.1, 0.15) is 12.4 Å². The van der Waals surface area contributed by atoms with Crippen molar-refractivity contribution in [3.05, 3.63) is 40.6 Å². The minimum Gasteiger partial charge on any atom is -0.492 e. The molecule has 18 heavy (non-hydrogen) atoms. The molecule has 0 fully saturated rings. The molecule has 0 saturated heterocycles. The lowest BCUT2D eigenvalue weighted by molar-refractivity contribution is -0.383. The molecule has 2 rings (SSSR count). The largest absolute Gasteiger partial charge is 0.492 e. The standard InChI is InChI=1S/C12H13N3O3/c1-13-7-8-18-11-5-4-10(15(16)17)12-9(11)3-2-6-14-12/h2-6,13H,7-8H2,1H3. The molecule has 0 spiro atoms. The summed E-state index contributed by atoms with van der Waals surface area (Å²) < 4.78 is 5.57. The maximum absolute atomic E-state index is 10.9. The summed E-state index contributed by atoms with van der Waals surface area (Å²) in [5.41, 5.74) is 0.344. The van der Waals surface area contributed by atoms with E-state index < -0.39 is 4.92 Å². The fourth-order valence-electron chi connectivity index (χ4n) is 1.67. The van der Waals surface area contributed by atoms with Crippen LogP contribution in [0.3, 0.4) is 0 Å². The molecule has 94 valence electrons. The molecular weight excluding hydrogens is 234 g/mol. The van der Waals surface area contributed by atoms with E-state index in [2.05, 4.69) is 10.3 Å². The molecule has 0 aliphatic rings. The van der Waals surface area contributed by atoms with Crippen molar-refractivity contribution in [3.8, 4) is 5.75 Å². The number of hydrogen-bond acceptors (Lipinski definition) is 5. The summed E-state index contributed by atoms with van der Waals surface area (Å²) in [7, 11) is 1.83. The number of rotatable bonds is 5. The van der Waals surface area contributed by atoms with Crippen LogP contribution in [0.1, 0.15) is 0 Å². The molecule has 0 aliphatic carbocycles. The molecular formula is C12H13N3O3. The summed E-state index contributed by atoms with van der Waals surface area (Å²) >= 11 is 0. The molecule has 2 aromatic rings. The van der Waals surface area contributed by atoms with Gasteiger partial charge in [0.05, 0.1) is 4.92 Å². The van der Waals surface area contributed by atoms with Gasteiger partial charge in [-0.2, -0.15) is 0 Å². The van der Waals surface area contributed by atoms with Gasteiger partial charge in [0, 0.05) is 24.2 Å². The molecule has 6 heteroatoms. The summed E-state index contributed by atoms with van der Waals surface area (Å²) in [6.45, 7) is 1.21. The molecule has 0 aliphatic heterocycles. The minimum absolute atomic E-state index is 0.00781. The van der Waals surface area contributed by atoms with Crippen LogP contribution in [-0.2, 0) is 0 Å². The minimum atomic E-state index is -0.438. The van der Waals surface area contributed by atoms with Gasteiger partial charge in [0.2, 0.25) is 0 Å². The second-order valence-electron chi connectivity index (χ2n) is 3.69. The number of ether oxygens (including phenoxy) is 1. The Morgan fingerprint density at radius 1 is 1.44 bits per heavy atom. The molecule has 0 unspecified atom stereocenters. The Bertz CT molecular complexity index is 571. The van der Waals surface area contributed by atoms with Gasteiger partial charge >= 0.3 is 0 Å². The number of fused-ring (bicyclic) bond motifs is 1. The van der Waals surface area contributed by atoms with E-state index in [0.717, 1.165) is 0 Å². The number of benzene rings is 1. The Morgan fingerprint density at radius 3 is 3.00 bits per heavy atom. The lowest BCUT2D eigenvalue weighted by atomic mass is 10.1. The van der Waals surface area contributed by atoms with Gasteiger partial charge in [-0.05, 0) is 25.2 Å². The van der Waals surface area contributed by atoms with Crippen molar-refractivity contribution in [2.24, 2.45) is 0 Å². The molecule has 0 radical (unpaired) electrons. The first kappa shape index (κ1) is 12.3. The molecule has 0 bridgehead atoms. The molecule has 1 heterocycles. The zero-order valence-electron chi connectivity index (χ0n) is 9.92. The smallest absolute Gasteiger partial charge is 0.295 e. The van der Waals surface area contributed by atoms with Crippen LogP contribution in [0.25, 0.3) is 10.9 Å². The highest BCUT2D eigenvalue weighted by Gasteiger charge is 2.15. The van der Waals surface area contributed by atoms with Crippen LogP contribution < -0.4 is 10.1 Å². The Labute approximate surface area is 104 Å². The summed E-state index contributed by atoms with van der Waals surface area (Å²) in [5, 5.41) is 14.5. The van der Waals surface area contributed by atoms with Crippen LogP contribution in [0.2, 0.25) is 0 Å². The molecule has 1 aromatic heterocycles. The predicted molar refractivity (Wildman–Crippen MR) is 67.8 cm³/mol. The lowest BCUT2D eigenvalue weighted by Gasteiger charge is -2.08. The van der Waals surface area contributed by atoms with Gasteiger partial charge in [-0.3, -0.25) is 10.1 Å². The normalized spacial score (nSPS) is 10.5. The molecule has 0 amide bonds. The highest BCUT2D eigenvalue weighted by atomic mass is 16.6. The van der Waals surface area contributed by atoms with Gasteiger partial charge in [0.15, 0.2) is 5.52 Å². The summed E-state index contributed by atoms with van der Waals surface area (Å²) in [6, 6.07) is 6.53. The molecule has 1 N–H and O–H groups in total. The number of pyridine rings is 1. The van der Waals surface area contributed by atoms with E-state index in [4.69, 9.17) is 4.74 Å². The summed E-state index contributed by atoms with van der Waals surface area (Å²) in [4.78, 5) is 14.5. The van der Waals surface area contributed by atoms with Gasteiger partial charge < -0.3 is 10.1 Å². The Balaban J connectivity index is 2.44. The first-order chi connectivity index (χ1) is 8.74. The zero-order chi connectivity index (χ0) is 13.0. The SMILES string of the molecule is CNCCOc1ccc([N+](=O)[O-])c2ncccc12. The maximum atomic E-state index is 10.9. The fourth-order valence-corrected chi connectivity index (χ4v) is 1.67. The Kier molecular flexibility index (Phi) is 3.69. The lowest BCUT2D eigenvalue weighted by Crippen LogP contribution is -2.16. The van der Waals surface area contributed by atoms with E-state index in [1.165, 1.54) is 12.3 Å². The van der Waals surface area contributed by atoms with Crippen molar-refractivity contribution in [2.75, 3.05) is 20.2 Å². The second-order valence-corrected chi connectivity index (χ2v) is 3.69. The number of non-ortho nitro benzene ring substituents is 1. The quantitative estimate of drug-likeness (QED) is 0.494. The van der Waals surface area contributed by atoms with Gasteiger partial charge in [-0.1, -0.05) is 0 Å². The first-order valence-electron chi connectivity index (χ1n) is 5.53. The second kappa shape index (κ2) is 5.42. The highest BCUT2D eigenvalue weighted by molar-refractivity contribution is 5.91. The molecule has 6 nitrogen and oxygen atoms in total. The maximum Gasteiger partial charge on any atom is 0.295 e. The number of nitro groups is 1. The number of nitrogens with zero attached hydrogens (tertiary/aromatic N) is 2. The van der Waals surface area contributed by atoms with Crippen LogP contribution >= 0.6 is 0 Å². The van der Waals surface area contributed by atoms with Crippen LogP contribution in [0, 0.1) is 10.1 Å². The van der Waals surface area contributed by atoms with Gasteiger partial charge in [0.25, 0.3) is 5.69 Å². The molecule has 0 atom stereocenters. The monoisotopic (exact) mass is 247 g/mol. The molecule has 1 aromatic carbocycles. The number of nitro benzene ring substituents is 1.